The fourth-order valence-corrected chi connectivity index (χ4v) is 1.48. The molecule has 17 heavy (non-hydrogen) atoms. The van der Waals surface area contributed by atoms with Crippen LogP contribution >= 0.6 is 0 Å². The van der Waals surface area contributed by atoms with Crippen molar-refractivity contribution < 1.29 is 18.6 Å². The van der Waals surface area contributed by atoms with E-state index in [1.54, 1.807) is 12.1 Å². The number of aliphatic hydroxyl groups excluding tert-OH is 1. The molecule has 2 atom stereocenters. The molecule has 0 aromatic heterocycles. The normalized spacial score (nSPS) is 15.1. The van der Waals surface area contributed by atoms with Crippen molar-refractivity contribution in [2.45, 2.75) is 32.6 Å². The Morgan fingerprint density at radius 2 is 1.71 bits per heavy atom. The number of nitrogens with two attached hydrogens (primary N) is 1. The zero-order valence-corrected chi connectivity index (χ0v) is 9.81. The van der Waals surface area contributed by atoms with Crippen molar-refractivity contribution in [3.63, 3.8) is 0 Å². The second kappa shape index (κ2) is 5.93. The Labute approximate surface area is 99.2 Å². The van der Waals surface area contributed by atoms with Crippen LogP contribution in [0.2, 0.25) is 0 Å². The first-order valence-electron chi connectivity index (χ1n) is 5.40. The molecule has 0 aliphatic rings. The molecule has 1 rings (SSSR count). The topological polar surface area (TPSA) is 55.5 Å². The molecule has 3 N–H and O–H groups in total. The smallest absolute Gasteiger partial charge is 0.387 e. The minimum Gasteiger partial charge on any atom is -0.435 e. The summed E-state index contributed by atoms with van der Waals surface area (Å²) in [6.45, 7) is 0.883. The summed E-state index contributed by atoms with van der Waals surface area (Å²) in [5.41, 5.74) is 6.54. The SMILES string of the molecule is CC(C)[C@H](O)[C@H](N)c1ccc(OC(F)F)cc1. The van der Waals surface area contributed by atoms with Crippen molar-refractivity contribution in [1.82, 2.24) is 0 Å². The second-order valence-electron chi connectivity index (χ2n) is 4.21. The number of rotatable bonds is 5. The van der Waals surface area contributed by atoms with Gasteiger partial charge < -0.3 is 15.6 Å². The van der Waals surface area contributed by atoms with Crippen molar-refractivity contribution in [1.29, 1.82) is 0 Å². The lowest BCUT2D eigenvalue weighted by molar-refractivity contribution is -0.0498. The molecular weight excluding hydrogens is 228 g/mol. The van der Waals surface area contributed by atoms with E-state index in [2.05, 4.69) is 4.74 Å². The van der Waals surface area contributed by atoms with Gasteiger partial charge in [0.2, 0.25) is 0 Å². The standard InChI is InChI=1S/C12H17F2NO2/c1-7(2)11(16)10(15)8-3-5-9(6-4-8)17-12(13)14/h3-7,10-12,16H,15H2,1-2H3/t10-,11+/m1/s1. The molecule has 0 aliphatic heterocycles. The summed E-state index contributed by atoms with van der Waals surface area (Å²) in [4.78, 5) is 0. The highest BCUT2D eigenvalue weighted by atomic mass is 19.3. The summed E-state index contributed by atoms with van der Waals surface area (Å²) >= 11 is 0. The van der Waals surface area contributed by atoms with E-state index in [-0.39, 0.29) is 11.7 Å². The number of hydrogen-bond donors (Lipinski definition) is 2. The molecule has 0 unspecified atom stereocenters. The Hall–Kier alpha value is -1.20. The summed E-state index contributed by atoms with van der Waals surface area (Å²) < 4.78 is 28.1. The van der Waals surface area contributed by atoms with Gasteiger partial charge in [0.15, 0.2) is 0 Å². The van der Waals surface area contributed by atoms with Crippen LogP contribution in [0, 0.1) is 5.92 Å². The number of ether oxygens (including phenoxy) is 1. The quantitative estimate of drug-likeness (QED) is 0.837. The predicted molar refractivity (Wildman–Crippen MR) is 60.8 cm³/mol. The Morgan fingerprint density at radius 3 is 2.12 bits per heavy atom. The molecule has 3 nitrogen and oxygen atoms in total. The molecular formula is C12H17F2NO2. The van der Waals surface area contributed by atoms with Crippen molar-refractivity contribution in [2.24, 2.45) is 11.7 Å². The molecule has 0 fully saturated rings. The van der Waals surface area contributed by atoms with E-state index in [1.165, 1.54) is 12.1 Å². The van der Waals surface area contributed by atoms with E-state index in [0.29, 0.717) is 5.56 Å². The maximum absolute atomic E-state index is 11.9. The highest BCUT2D eigenvalue weighted by molar-refractivity contribution is 5.29. The lowest BCUT2D eigenvalue weighted by Gasteiger charge is -2.22. The minimum atomic E-state index is -2.84. The summed E-state index contributed by atoms with van der Waals surface area (Å²) in [6, 6.07) is 5.45. The van der Waals surface area contributed by atoms with Gasteiger partial charge >= 0.3 is 6.61 Å². The maximum atomic E-state index is 11.9. The van der Waals surface area contributed by atoms with E-state index in [4.69, 9.17) is 5.73 Å². The highest BCUT2D eigenvalue weighted by Crippen LogP contribution is 2.22. The number of halogens is 2. The van der Waals surface area contributed by atoms with E-state index in [0.717, 1.165) is 0 Å². The summed E-state index contributed by atoms with van der Waals surface area (Å²) in [5.74, 6) is 0.108. The van der Waals surface area contributed by atoms with Crippen LogP contribution in [0.3, 0.4) is 0 Å². The van der Waals surface area contributed by atoms with Gasteiger partial charge in [0.05, 0.1) is 12.1 Å². The average Bonchev–Trinajstić information content (AvgIpc) is 2.27. The van der Waals surface area contributed by atoms with Crippen LogP contribution in [-0.4, -0.2) is 17.8 Å². The van der Waals surface area contributed by atoms with E-state index < -0.39 is 18.8 Å². The van der Waals surface area contributed by atoms with Gasteiger partial charge in [-0.05, 0) is 23.6 Å². The third-order valence-corrected chi connectivity index (χ3v) is 2.54. The van der Waals surface area contributed by atoms with E-state index in [1.807, 2.05) is 13.8 Å². The number of hydrogen-bond acceptors (Lipinski definition) is 3. The van der Waals surface area contributed by atoms with Gasteiger partial charge in [0, 0.05) is 0 Å². The first kappa shape index (κ1) is 13.9. The van der Waals surface area contributed by atoms with Crippen molar-refractivity contribution in [2.75, 3.05) is 0 Å². The number of aliphatic hydroxyl groups is 1. The molecule has 0 heterocycles. The van der Waals surface area contributed by atoms with Crippen molar-refractivity contribution in [3.8, 4) is 5.75 Å². The predicted octanol–water partition coefficient (Wildman–Crippen LogP) is 2.30. The van der Waals surface area contributed by atoms with Crippen LogP contribution < -0.4 is 10.5 Å². The third kappa shape index (κ3) is 3.94. The summed E-state index contributed by atoms with van der Waals surface area (Å²) in [5, 5.41) is 9.79. The molecule has 1 aromatic carbocycles. The lowest BCUT2D eigenvalue weighted by Crippen LogP contribution is -2.30. The van der Waals surface area contributed by atoms with Gasteiger partial charge in [0.25, 0.3) is 0 Å². The molecule has 0 aliphatic carbocycles. The van der Waals surface area contributed by atoms with Crippen LogP contribution in [0.4, 0.5) is 8.78 Å². The number of alkyl halides is 2. The molecule has 0 saturated carbocycles. The van der Waals surface area contributed by atoms with Gasteiger partial charge in [-0.15, -0.1) is 0 Å². The molecule has 0 amide bonds. The van der Waals surface area contributed by atoms with Gasteiger partial charge in [-0.2, -0.15) is 8.78 Å². The van der Waals surface area contributed by atoms with Crippen LogP contribution in [-0.2, 0) is 0 Å². The lowest BCUT2D eigenvalue weighted by atomic mass is 9.94. The largest absolute Gasteiger partial charge is 0.435 e. The zero-order chi connectivity index (χ0) is 13.0. The monoisotopic (exact) mass is 245 g/mol. The van der Waals surface area contributed by atoms with Crippen LogP contribution in [0.15, 0.2) is 24.3 Å². The number of benzene rings is 1. The first-order valence-corrected chi connectivity index (χ1v) is 5.40. The van der Waals surface area contributed by atoms with Gasteiger partial charge in [0.1, 0.15) is 5.75 Å². The molecule has 0 radical (unpaired) electrons. The molecule has 0 spiro atoms. The molecule has 5 heteroatoms. The Morgan fingerprint density at radius 1 is 1.18 bits per heavy atom. The molecule has 0 bridgehead atoms. The van der Waals surface area contributed by atoms with E-state index >= 15 is 0 Å². The zero-order valence-electron chi connectivity index (χ0n) is 9.81. The third-order valence-electron chi connectivity index (χ3n) is 2.54. The van der Waals surface area contributed by atoms with Crippen LogP contribution in [0.5, 0.6) is 5.75 Å². The van der Waals surface area contributed by atoms with Gasteiger partial charge in [-0.1, -0.05) is 26.0 Å². The van der Waals surface area contributed by atoms with Gasteiger partial charge in [-0.25, -0.2) is 0 Å². The van der Waals surface area contributed by atoms with Crippen molar-refractivity contribution >= 4 is 0 Å². The summed E-state index contributed by atoms with van der Waals surface area (Å²) in [6.07, 6.45) is -0.670. The average molecular weight is 245 g/mol. The van der Waals surface area contributed by atoms with Crippen molar-refractivity contribution in [3.05, 3.63) is 29.8 Å². The fraction of sp³-hybridized carbons (Fsp3) is 0.500. The van der Waals surface area contributed by atoms with Crippen LogP contribution in [0.1, 0.15) is 25.5 Å². The van der Waals surface area contributed by atoms with E-state index in [9.17, 15) is 13.9 Å². The Bertz CT molecular complexity index is 341. The Balaban J connectivity index is 2.73. The molecule has 96 valence electrons. The second-order valence-corrected chi connectivity index (χ2v) is 4.21. The molecule has 0 saturated heterocycles. The summed E-state index contributed by atoms with van der Waals surface area (Å²) in [7, 11) is 0. The first-order chi connectivity index (χ1) is 7.91. The minimum absolute atomic E-state index is 0.0296. The molecule has 1 aromatic rings. The Kier molecular flexibility index (Phi) is 4.84. The fourth-order valence-electron chi connectivity index (χ4n) is 1.48. The highest BCUT2D eigenvalue weighted by Gasteiger charge is 2.20. The van der Waals surface area contributed by atoms with Gasteiger partial charge in [-0.3, -0.25) is 0 Å². The maximum Gasteiger partial charge on any atom is 0.387 e. The van der Waals surface area contributed by atoms with Crippen LogP contribution in [0.25, 0.3) is 0 Å².